The van der Waals surface area contributed by atoms with E-state index in [2.05, 4.69) is 9.71 Å². The molecule has 1 aromatic carbocycles. The van der Waals surface area contributed by atoms with Crippen molar-refractivity contribution in [3.8, 4) is 0 Å². The number of ether oxygens (including phenoxy) is 1. The summed E-state index contributed by atoms with van der Waals surface area (Å²) in [4.78, 5) is 5.91. The van der Waals surface area contributed by atoms with Gasteiger partial charge in [-0.1, -0.05) is 6.07 Å². The Balaban J connectivity index is 1.38. The van der Waals surface area contributed by atoms with Gasteiger partial charge in [0.05, 0.1) is 23.8 Å². The number of nitrogens with one attached hydrogen (secondary N) is 1. The maximum Gasteiger partial charge on any atom is 0.240 e. The predicted molar refractivity (Wildman–Crippen MR) is 123 cm³/mol. The fourth-order valence-corrected chi connectivity index (χ4v) is 7.33. The second-order valence-corrected chi connectivity index (χ2v) is 12.5. The van der Waals surface area contributed by atoms with Gasteiger partial charge in [0.2, 0.25) is 20.0 Å². The minimum absolute atomic E-state index is 0.0925. The number of nitrogens with two attached hydrogens (primary N) is 1. The highest BCUT2D eigenvalue weighted by Crippen LogP contribution is 2.45. The fraction of sp³-hybridized carbons (Fsp3) is 0.500. The maximum absolute atomic E-state index is 12.9. The zero-order valence-corrected chi connectivity index (χ0v) is 19.8. The number of hydrogen-bond acceptors (Lipinski definition) is 7. The van der Waals surface area contributed by atoms with E-state index in [0.29, 0.717) is 37.9 Å². The van der Waals surface area contributed by atoms with Crippen LogP contribution in [0.1, 0.15) is 18.4 Å². The minimum Gasteiger partial charge on any atom is -0.381 e. The summed E-state index contributed by atoms with van der Waals surface area (Å²) in [6.07, 6.45) is 6.37. The second-order valence-electron chi connectivity index (χ2n) is 9.21. The zero-order chi connectivity index (χ0) is 23.2. The zero-order valence-electron chi connectivity index (χ0n) is 18.1. The van der Waals surface area contributed by atoms with Gasteiger partial charge >= 0.3 is 0 Å². The predicted octanol–water partition coefficient (Wildman–Crippen LogP) is 1.11. The van der Waals surface area contributed by atoms with Crippen molar-refractivity contribution in [2.24, 2.45) is 22.9 Å². The molecule has 3 aliphatic rings. The van der Waals surface area contributed by atoms with E-state index >= 15 is 0 Å². The van der Waals surface area contributed by atoms with Crippen LogP contribution in [0.4, 0.5) is 5.69 Å². The molecule has 11 heteroatoms. The van der Waals surface area contributed by atoms with Crippen LogP contribution in [-0.2, 0) is 31.2 Å². The van der Waals surface area contributed by atoms with Crippen LogP contribution in [0.5, 0.6) is 0 Å². The van der Waals surface area contributed by atoms with Crippen LogP contribution in [-0.4, -0.2) is 54.2 Å². The smallest absolute Gasteiger partial charge is 0.240 e. The Morgan fingerprint density at radius 2 is 1.94 bits per heavy atom. The molecule has 0 spiro atoms. The lowest BCUT2D eigenvalue weighted by molar-refractivity contribution is 0.159. The Bertz CT molecular complexity index is 1230. The summed E-state index contributed by atoms with van der Waals surface area (Å²) in [5.74, 6) is 0.724. The summed E-state index contributed by atoms with van der Waals surface area (Å²) in [6.45, 7) is 2.44. The van der Waals surface area contributed by atoms with E-state index in [1.54, 1.807) is 12.3 Å². The number of benzene rings is 1. The first-order valence-electron chi connectivity index (χ1n) is 11.1. The molecule has 33 heavy (non-hydrogen) atoms. The van der Waals surface area contributed by atoms with Crippen LogP contribution in [0.25, 0.3) is 0 Å². The first-order chi connectivity index (χ1) is 15.7. The summed E-state index contributed by atoms with van der Waals surface area (Å²) < 4.78 is 58.8. The van der Waals surface area contributed by atoms with Crippen LogP contribution in [0.15, 0.2) is 52.5 Å². The quantitative estimate of drug-likeness (QED) is 0.592. The van der Waals surface area contributed by atoms with Gasteiger partial charge in [0.15, 0.2) is 0 Å². The molecule has 1 aromatic heterocycles. The number of primary sulfonamides is 1. The normalized spacial score (nSPS) is 27.4. The monoisotopic (exact) mass is 492 g/mol. The number of fused-ring (bicyclic) bond motifs is 1. The van der Waals surface area contributed by atoms with Crippen molar-refractivity contribution in [2.75, 3.05) is 31.2 Å². The van der Waals surface area contributed by atoms with Gasteiger partial charge in [-0.2, -0.15) is 0 Å². The minimum atomic E-state index is -4.13. The number of rotatable bonds is 7. The first kappa shape index (κ1) is 22.7. The van der Waals surface area contributed by atoms with Gasteiger partial charge in [0.25, 0.3) is 0 Å². The molecule has 178 valence electrons. The summed E-state index contributed by atoms with van der Waals surface area (Å²) in [7, 11) is -8.01. The van der Waals surface area contributed by atoms with Gasteiger partial charge in [-0.05, 0) is 55.0 Å². The molecule has 5 rings (SSSR count). The molecule has 3 heterocycles. The molecule has 3 N–H and O–H groups in total. The number of anilines is 1. The molecule has 0 amide bonds. The number of sulfonamides is 2. The molecule has 0 bridgehead atoms. The Morgan fingerprint density at radius 1 is 1.15 bits per heavy atom. The van der Waals surface area contributed by atoms with Crippen LogP contribution < -0.4 is 14.8 Å². The van der Waals surface area contributed by atoms with Crippen molar-refractivity contribution < 1.29 is 21.6 Å². The largest absolute Gasteiger partial charge is 0.381 e. The van der Waals surface area contributed by atoms with Gasteiger partial charge in [-0.25, -0.2) is 26.7 Å². The van der Waals surface area contributed by atoms with E-state index in [0.717, 1.165) is 24.8 Å². The lowest BCUT2D eigenvalue weighted by Crippen LogP contribution is -2.37. The molecular weight excluding hydrogens is 464 g/mol. The molecule has 1 saturated carbocycles. The van der Waals surface area contributed by atoms with Crippen molar-refractivity contribution in [2.45, 2.75) is 35.1 Å². The van der Waals surface area contributed by atoms with Gasteiger partial charge in [-0.3, -0.25) is 4.98 Å². The lowest BCUT2D eigenvalue weighted by atomic mass is 9.91. The average molecular weight is 493 g/mol. The third kappa shape index (κ3) is 4.78. The SMILES string of the molecule is NS(=O)(=O)c1cc(S(=O)(=O)NC2[C@H]3COC[C@@H]23)ccc1N1CCCC(Cc2cccnc2)C1. The summed E-state index contributed by atoms with van der Waals surface area (Å²) in [5, 5.41) is 5.53. The molecular formula is C22H28N4O5S2. The van der Waals surface area contributed by atoms with Gasteiger partial charge in [0.1, 0.15) is 4.90 Å². The average Bonchev–Trinajstić information content (AvgIpc) is 3.18. The molecule has 2 unspecified atom stereocenters. The van der Waals surface area contributed by atoms with Crippen LogP contribution in [0, 0.1) is 17.8 Å². The summed E-state index contributed by atoms with van der Waals surface area (Å²) in [6, 6.07) is 8.01. The second kappa shape index (κ2) is 8.62. The van der Waals surface area contributed by atoms with Gasteiger partial charge in [0, 0.05) is 43.4 Å². The Labute approximate surface area is 194 Å². The third-order valence-corrected chi connectivity index (χ3v) is 9.30. The maximum atomic E-state index is 12.9. The summed E-state index contributed by atoms with van der Waals surface area (Å²) in [5.41, 5.74) is 1.59. The topological polar surface area (TPSA) is 132 Å². The van der Waals surface area contributed by atoms with E-state index in [1.807, 2.05) is 23.2 Å². The van der Waals surface area contributed by atoms with Crippen molar-refractivity contribution in [3.63, 3.8) is 0 Å². The lowest BCUT2D eigenvalue weighted by Gasteiger charge is -2.35. The van der Waals surface area contributed by atoms with Crippen molar-refractivity contribution in [1.29, 1.82) is 0 Å². The highest BCUT2D eigenvalue weighted by atomic mass is 32.2. The van der Waals surface area contributed by atoms with Gasteiger partial charge in [-0.15, -0.1) is 0 Å². The number of hydrogen-bond donors (Lipinski definition) is 2. The molecule has 0 radical (unpaired) electrons. The van der Waals surface area contributed by atoms with Crippen LogP contribution in [0.2, 0.25) is 0 Å². The highest BCUT2D eigenvalue weighted by molar-refractivity contribution is 7.90. The van der Waals surface area contributed by atoms with E-state index in [9.17, 15) is 16.8 Å². The first-order valence-corrected chi connectivity index (χ1v) is 14.2. The number of pyridine rings is 1. The van der Waals surface area contributed by atoms with Crippen LogP contribution >= 0.6 is 0 Å². The van der Waals surface area contributed by atoms with E-state index in [1.165, 1.54) is 12.1 Å². The van der Waals surface area contributed by atoms with E-state index in [-0.39, 0.29) is 27.7 Å². The number of nitrogens with zero attached hydrogens (tertiary/aromatic N) is 2. The van der Waals surface area contributed by atoms with E-state index < -0.39 is 20.0 Å². The molecule has 2 saturated heterocycles. The Hall–Kier alpha value is -2.05. The Kier molecular flexibility index (Phi) is 5.94. The van der Waals surface area contributed by atoms with Crippen molar-refractivity contribution >= 4 is 25.7 Å². The van der Waals surface area contributed by atoms with Crippen LogP contribution in [0.3, 0.4) is 0 Å². The molecule has 4 atom stereocenters. The van der Waals surface area contributed by atoms with Gasteiger partial charge < -0.3 is 9.64 Å². The number of aromatic nitrogens is 1. The molecule has 1 aliphatic carbocycles. The standard InChI is InChI=1S/C22H28N4O5S2/c23-32(27,28)21-10-17(33(29,30)25-22-18-13-31-14-19(18)22)5-6-20(21)26-8-2-4-16(12-26)9-15-3-1-7-24-11-15/h1,3,5-7,10-11,16,18-19,22,25H,2,4,8-9,12-14H2,(H2,23,27,28)/t16?,18-,19+,22?. The fourth-order valence-electron chi connectivity index (χ4n) is 5.12. The molecule has 2 aromatic rings. The summed E-state index contributed by atoms with van der Waals surface area (Å²) >= 11 is 0. The highest BCUT2D eigenvalue weighted by Gasteiger charge is 2.55. The molecule has 3 fully saturated rings. The van der Waals surface area contributed by atoms with Crippen molar-refractivity contribution in [1.82, 2.24) is 9.71 Å². The van der Waals surface area contributed by atoms with Crippen molar-refractivity contribution in [3.05, 3.63) is 48.3 Å². The molecule has 2 aliphatic heterocycles. The van der Waals surface area contributed by atoms with E-state index in [4.69, 9.17) is 9.88 Å². The third-order valence-electron chi connectivity index (χ3n) is 6.90. The number of piperidine rings is 1. The Morgan fingerprint density at radius 3 is 2.64 bits per heavy atom. The molecule has 9 nitrogen and oxygen atoms in total.